The number of aliphatic imine (C=N–C) groups is 1. The molecule has 1 unspecified atom stereocenters. The van der Waals surface area contributed by atoms with E-state index in [1.807, 2.05) is 13.2 Å². The average Bonchev–Trinajstić information content (AvgIpc) is 2.46. The average molecular weight is 283 g/mol. The number of carbonyl (C=O) groups is 2. The van der Waals surface area contributed by atoms with Crippen molar-refractivity contribution in [3.63, 3.8) is 0 Å². The number of carbonyl (C=O) groups excluding carboxylic acids is 2. The lowest BCUT2D eigenvalue weighted by Crippen LogP contribution is -2.28. The Morgan fingerprint density at radius 3 is 2.63 bits per heavy atom. The Hall–Kier alpha value is -1.36. The van der Waals surface area contributed by atoms with Crippen molar-refractivity contribution in [3.8, 4) is 0 Å². The number of methoxy groups -OCH3 is 1. The van der Waals surface area contributed by atoms with Crippen LogP contribution in [0.1, 0.15) is 19.8 Å². The molecule has 0 N–H and O–H groups in total. The zero-order chi connectivity index (χ0) is 14.8. The van der Waals surface area contributed by atoms with E-state index in [2.05, 4.69) is 22.9 Å². The molecule has 0 aromatic heterocycles. The summed E-state index contributed by atoms with van der Waals surface area (Å²) in [5.74, 6) is -1.24. The van der Waals surface area contributed by atoms with Crippen LogP contribution in [0.3, 0.4) is 0 Å². The standard InChI is InChI=1S/C12H17NO3S.C2H4/c1-4-13-11(17-3)8-5-6-9(10(14)7-8)12(15)16-2;1-2/h7,9H,4-6H2,1-3H3;1-2H2. The molecule has 1 atom stereocenters. The van der Waals surface area contributed by atoms with Crippen LogP contribution in [0.5, 0.6) is 0 Å². The fourth-order valence-electron chi connectivity index (χ4n) is 1.77. The molecule has 0 spiro atoms. The molecular formula is C14H21NO3S. The summed E-state index contributed by atoms with van der Waals surface area (Å²) < 4.78 is 4.61. The third-order valence-electron chi connectivity index (χ3n) is 2.62. The van der Waals surface area contributed by atoms with E-state index in [1.54, 1.807) is 0 Å². The number of rotatable bonds is 3. The highest BCUT2D eigenvalue weighted by atomic mass is 32.2. The molecule has 106 valence electrons. The van der Waals surface area contributed by atoms with Gasteiger partial charge in [0.1, 0.15) is 5.92 Å². The Bertz CT molecular complexity index is 388. The number of thioether (sulfide) groups is 1. The van der Waals surface area contributed by atoms with Crippen molar-refractivity contribution in [1.29, 1.82) is 0 Å². The van der Waals surface area contributed by atoms with Gasteiger partial charge in [-0.3, -0.25) is 14.6 Å². The SMILES string of the molecule is C=C.CCN=C(SC)C1=CC(=O)C(C(=O)OC)CC1. The Balaban J connectivity index is 0.00000154. The summed E-state index contributed by atoms with van der Waals surface area (Å²) in [6.45, 7) is 8.65. The molecule has 0 aliphatic heterocycles. The number of hydrogen-bond acceptors (Lipinski definition) is 5. The van der Waals surface area contributed by atoms with Gasteiger partial charge in [-0.2, -0.15) is 0 Å². The highest BCUT2D eigenvalue weighted by Gasteiger charge is 2.30. The van der Waals surface area contributed by atoms with Crippen molar-refractivity contribution in [1.82, 2.24) is 0 Å². The van der Waals surface area contributed by atoms with E-state index >= 15 is 0 Å². The van der Waals surface area contributed by atoms with Crippen molar-refractivity contribution in [2.75, 3.05) is 19.9 Å². The van der Waals surface area contributed by atoms with Gasteiger partial charge < -0.3 is 4.74 Å². The molecule has 1 rings (SSSR count). The first kappa shape index (κ1) is 17.6. The lowest BCUT2D eigenvalue weighted by atomic mass is 9.89. The largest absolute Gasteiger partial charge is 0.468 e. The minimum absolute atomic E-state index is 0.170. The van der Waals surface area contributed by atoms with E-state index in [-0.39, 0.29) is 5.78 Å². The highest BCUT2D eigenvalue weighted by Crippen LogP contribution is 2.25. The predicted molar refractivity (Wildman–Crippen MR) is 80.6 cm³/mol. The number of nitrogens with zero attached hydrogens (tertiary/aromatic N) is 1. The Labute approximate surface area is 119 Å². The van der Waals surface area contributed by atoms with Crippen molar-refractivity contribution in [2.45, 2.75) is 19.8 Å². The molecule has 0 bridgehead atoms. The number of ketones is 1. The van der Waals surface area contributed by atoms with Crippen LogP contribution in [0, 0.1) is 5.92 Å². The number of ether oxygens (including phenoxy) is 1. The van der Waals surface area contributed by atoms with E-state index in [0.29, 0.717) is 19.4 Å². The highest BCUT2D eigenvalue weighted by molar-refractivity contribution is 8.13. The van der Waals surface area contributed by atoms with Crippen LogP contribution in [0.4, 0.5) is 0 Å². The van der Waals surface area contributed by atoms with E-state index in [9.17, 15) is 9.59 Å². The first-order chi connectivity index (χ1) is 9.13. The topological polar surface area (TPSA) is 55.7 Å². The second-order valence-electron chi connectivity index (χ2n) is 3.67. The molecule has 4 nitrogen and oxygen atoms in total. The van der Waals surface area contributed by atoms with Gasteiger partial charge in [0.2, 0.25) is 0 Å². The van der Waals surface area contributed by atoms with Gasteiger partial charge in [0.05, 0.1) is 12.2 Å². The molecule has 0 saturated carbocycles. The van der Waals surface area contributed by atoms with Crippen LogP contribution in [0.25, 0.3) is 0 Å². The van der Waals surface area contributed by atoms with E-state index in [4.69, 9.17) is 0 Å². The Morgan fingerprint density at radius 2 is 2.21 bits per heavy atom. The number of hydrogen-bond donors (Lipinski definition) is 0. The zero-order valence-electron chi connectivity index (χ0n) is 11.8. The zero-order valence-corrected chi connectivity index (χ0v) is 12.6. The minimum Gasteiger partial charge on any atom is -0.468 e. The van der Waals surface area contributed by atoms with Crippen molar-refractivity contribution >= 4 is 28.6 Å². The van der Waals surface area contributed by atoms with Crippen molar-refractivity contribution in [3.05, 3.63) is 24.8 Å². The van der Waals surface area contributed by atoms with Gasteiger partial charge >= 0.3 is 5.97 Å². The maximum Gasteiger partial charge on any atom is 0.316 e. The molecular weight excluding hydrogens is 262 g/mol. The molecule has 5 heteroatoms. The second-order valence-corrected chi connectivity index (χ2v) is 4.46. The number of esters is 1. The summed E-state index contributed by atoms with van der Waals surface area (Å²) in [5.41, 5.74) is 0.935. The normalized spacial score (nSPS) is 19.1. The van der Waals surface area contributed by atoms with Gasteiger partial charge in [-0.1, -0.05) is 0 Å². The third-order valence-corrected chi connectivity index (χ3v) is 3.40. The van der Waals surface area contributed by atoms with Crippen LogP contribution in [-0.4, -0.2) is 36.7 Å². The summed E-state index contributed by atoms with van der Waals surface area (Å²) in [4.78, 5) is 27.5. The fourth-order valence-corrected chi connectivity index (χ4v) is 2.45. The van der Waals surface area contributed by atoms with Gasteiger partial charge in [-0.05, 0) is 37.7 Å². The van der Waals surface area contributed by atoms with Crippen LogP contribution in [0.15, 0.2) is 29.8 Å². The first-order valence-corrected chi connectivity index (χ1v) is 7.27. The van der Waals surface area contributed by atoms with Gasteiger partial charge in [0, 0.05) is 6.54 Å². The van der Waals surface area contributed by atoms with E-state index < -0.39 is 11.9 Å². The Kier molecular flexibility index (Phi) is 8.87. The monoisotopic (exact) mass is 283 g/mol. The molecule has 0 aromatic carbocycles. The number of allylic oxidation sites excluding steroid dienone is 1. The van der Waals surface area contributed by atoms with Crippen LogP contribution >= 0.6 is 11.8 Å². The fraction of sp³-hybridized carbons (Fsp3) is 0.500. The molecule has 1 aliphatic carbocycles. The lowest BCUT2D eigenvalue weighted by molar-refractivity contribution is -0.148. The molecule has 0 radical (unpaired) electrons. The maximum absolute atomic E-state index is 11.8. The van der Waals surface area contributed by atoms with Gasteiger partial charge in [-0.25, -0.2) is 0 Å². The van der Waals surface area contributed by atoms with Crippen molar-refractivity contribution < 1.29 is 14.3 Å². The van der Waals surface area contributed by atoms with Gasteiger partial charge in [0.25, 0.3) is 0 Å². The quantitative estimate of drug-likeness (QED) is 0.263. The van der Waals surface area contributed by atoms with Gasteiger partial charge in [-0.15, -0.1) is 24.9 Å². The molecule has 0 amide bonds. The second kappa shape index (κ2) is 9.55. The maximum atomic E-state index is 11.8. The summed E-state index contributed by atoms with van der Waals surface area (Å²) in [7, 11) is 1.31. The smallest absolute Gasteiger partial charge is 0.316 e. The summed E-state index contributed by atoms with van der Waals surface area (Å²) >= 11 is 1.53. The molecule has 19 heavy (non-hydrogen) atoms. The first-order valence-electron chi connectivity index (χ1n) is 6.05. The summed E-state index contributed by atoms with van der Waals surface area (Å²) in [6, 6.07) is 0. The summed E-state index contributed by atoms with van der Waals surface area (Å²) in [6.07, 6.45) is 4.69. The molecule has 0 heterocycles. The van der Waals surface area contributed by atoms with Crippen LogP contribution in [-0.2, 0) is 14.3 Å². The predicted octanol–water partition coefficient (Wildman–Crippen LogP) is 2.65. The van der Waals surface area contributed by atoms with Gasteiger partial charge in [0.15, 0.2) is 5.78 Å². The third kappa shape index (κ3) is 5.03. The van der Waals surface area contributed by atoms with E-state index in [1.165, 1.54) is 24.9 Å². The summed E-state index contributed by atoms with van der Waals surface area (Å²) in [5, 5.41) is 0.893. The molecule has 1 aliphatic rings. The molecule has 0 aromatic rings. The van der Waals surface area contributed by atoms with Crippen molar-refractivity contribution in [2.24, 2.45) is 10.9 Å². The van der Waals surface area contributed by atoms with Crippen LogP contribution < -0.4 is 0 Å². The minimum atomic E-state index is -0.631. The molecule has 0 fully saturated rings. The lowest BCUT2D eigenvalue weighted by Gasteiger charge is -2.19. The molecule has 0 saturated heterocycles. The Morgan fingerprint density at radius 1 is 1.58 bits per heavy atom. The van der Waals surface area contributed by atoms with Crippen LogP contribution in [0.2, 0.25) is 0 Å². The van der Waals surface area contributed by atoms with E-state index in [0.717, 1.165) is 10.6 Å².